The van der Waals surface area contributed by atoms with Crippen LogP contribution in [-0.4, -0.2) is 66.7 Å². The summed E-state index contributed by atoms with van der Waals surface area (Å²) >= 11 is 0. The normalized spacial score (nSPS) is 22.8. The second-order valence-electron chi connectivity index (χ2n) is 7.48. The zero-order valence-electron chi connectivity index (χ0n) is 16.0. The maximum Gasteiger partial charge on any atom is 0.319 e. The molecule has 4 rings (SSSR count). The van der Waals surface area contributed by atoms with Crippen LogP contribution in [0.1, 0.15) is 30.9 Å². The van der Waals surface area contributed by atoms with Gasteiger partial charge in [-0.05, 0) is 43.6 Å². The Bertz CT molecular complexity index is 816. The Kier molecular flexibility index (Phi) is 5.13. The van der Waals surface area contributed by atoms with Gasteiger partial charge in [0.15, 0.2) is 11.5 Å². The summed E-state index contributed by atoms with van der Waals surface area (Å²) in [7, 11) is 1.47. The van der Waals surface area contributed by atoms with Gasteiger partial charge in [-0.15, -0.1) is 0 Å². The summed E-state index contributed by atoms with van der Waals surface area (Å²) in [6, 6.07) is 3.96. The van der Waals surface area contributed by atoms with E-state index in [-0.39, 0.29) is 17.7 Å². The molecule has 3 heterocycles. The van der Waals surface area contributed by atoms with Crippen LogP contribution < -0.4 is 15.4 Å². The number of amides is 3. The molecule has 3 aliphatic heterocycles. The molecule has 0 aromatic heterocycles. The molecule has 1 aromatic carbocycles. The lowest BCUT2D eigenvalue weighted by Gasteiger charge is -2.28. The summed E-state index contributed by atoms with van der Waals surface area (Å²) in [6.45, 7) is 4.09. The zero-order valence-corrected chi connectivity index (χ0v) is 16.0. The number of benzene rings is 1. The molecule has 0 saturated carbocycles. The van der Waals surface area contributed by atoms with Crippen molar-refractivity contribution in [1.82, 2.24) is 20.4 Å². The van der Waals surface area contributed by atoms with Crippen molar-refractivity contribution < 1.29 is 19.4 Å². The van der Waals surface area contributed by atoms with Gasteiger partial charge in [0.2, 0.25) is 0 Å². The predicted molar refractivity (Wildman–Crippen MR) is 103 cm³/mol. The highest BCUT2D eigenvalue weighted by Crippen LogP contribution is 2.36. The van der Waals surface area contributed by atoms with Crippen LogP contribution in [0.25, 0.3) is 0 Å². The number of carbonyl (C=O) groups is 2. The van der Waals surface area contributed by atoms with Crippen LogP contribution in [0.3, 0.4) is 0 Å². The molecule has 1 atom stereocenters. The van der Waals surface area contributed by atoms with Gasteiger partial charge in [-0.25, -0.2) is 4.79 Å². The second kappa shape index (κ2) is 7.71. The minimum Gasteiger partial charge on any atom is -0.504 e. The summed E-state index contributed by atoms with van der Waals surface area (Å²) in [4.78, 5) is 29.5. The van der Waals surface area contributed by atoms with Crippen molar-refractivity contribution in [2.24, 2.45) is 0 Å². The van der Waals surface area contributed by atoms with Crippen molar-refractivity contribution in [2.45, 2.75) is 25.3 Å². The number of phenols is 1. The van der Waals surface area contributed by atoms with Crippen molar-refractivity contribution in [1.29, 1.82) is 0 Å². The number of nitrogens with zero attached hydrogens (tertiary/aromatic N) is 2. The summed E-state index contributed by atoms with van der Waals surface area (Å²) in [5, 5.41) is 15.5. The molecule has 1 fully saturated rings. The topological polar surface area (TPSA) is 94.1 Å². The van der Waals surface area contributed by atoms with E-state index in [0.29, 0.717) is 35.7 Å². The van der Waals surface area contributed by atoms with Gasteiger partial charge in [-0.1, -0.05) is 12.5 Å². The van der Waals surface area contributed by atoms with Crippen LogP contribution in [0.4, 0.5) is 4.79 Å². The van der Waals surface area contributed by atoms with E-state index in [4.69, 9.17) is 4.74 Å². The Morgan fingerprint density at radius 3 is 2.71 bits per heavy atom. The van der Waals surface area contributed by atoms with Crippen LogP contribution in [0.15, 0.2) is 29.5 Å². The molecule has 28 heavy (non-hydrogen) atoms. The van der Waals surface area contributed by atoms with Crippen LogP contribution in [-0.2, 0) is 4.79 Å². The van der Waals surface area contributed by atoms with Crippen molar-refractivity contribution in [3.05, 3.63) is 35.0 Å². The van der Waals surface area contributed by atoms with Gasteiger partial charge in [0.1, 0.15) is 0 Å². The number of hydrogen-bond donors (Lipinski definition) is 3. The Balaban J connectivity index is 1.52. The minimum absolute atomic E-state index is 0.0154. The molecule has 150 valence electrons. The number of likely N-dealkylation sites (tertiary alicyclic amines) is 1. The zero-order chi connectivity index (χ0) is 19.7. The van der Waals surface area contributed by atoms with Crippen LogP contribution in [0.2, 0.25) is 0 Å². The number of hydrogen-bond acceptors (Lipinski definition) is 5. The van der Waals surface area contributed by atoms with E-state index in [2.05, 4.69) is 15.5 Å². The lowest BCUT2D eigenvalue weighted by Crippen LogP contribution is -2.44. The highest BCUT2D eigenvalue weighted by atomic mass is 16.5. The van der Waals surface area contributed by atoms with Gasteiger partial charge in [0, 0.05) is 13.1 Å². The van der Waals surface area contributed by atoms with E-state index in [1.54, 1.807) is 17.0 Å². The van der Waals surface area contributed by atoms with Gasteiger partial charge in [-0.2, -0.15) is 0 Å². The first-order valence-electron chi connectivity index (χ1n) is 9.76. The fourth-order valence-corrected chi connectivity index (χ4v) is 4.18. The fraction of sp³-hybridized carbons (Fsp3) is 0.500. The first-order valence-corrected chi connectivity index (χ1v) is 9.76. The third-order valence-corrected chi connectivity index (χ3v) is 5.69. The van der Waals surface area contributed by atoms with E-state index < -0.39 is 6.04 Å². The van der Waals surface area contributed by atoms with Crippen molar-refractivity contribution in [2.75, 3.05) is 39.8 Å². The maximum atomic E-state index is 13.1. The third kappa shape index (κ3) is 3.52. The molecule has 8 nitrogen and oxygen atoms in total. The Morgan fingerprint density at radius 1 is 1.18 bits per heavy atom. The Labute approximate surface area is 164 Å². The highest BCUT2D eigenvalue weighted by molar-refractivity contribution is 6.01. The molecule has 3 aliphatic rings. The molecule has 3 N–H and O–H groups in total. The molecule has 0 bridgehead atoms. The SMILES string of the molecule is COc1cc([C@H]2NC(=O)NC3=C2C(=O)N(CCN2CCCCC2)C3)ccc1O. The van der Waals surface area contributed by atoms with Crippen LogP contribution in [0, 0.1) is 0 Å². The molecule has 0 radical (unpaired) electrons. The first-order chi connectivity index (χ1) is 13.6. The number of piperidine rings is 1. The molecule has 0 unspecified atom stereocenters. The molecule has 0 spiro atoms. The monoisotopic (exact) mass is 386 g/mol. The molecule has 3 amide bonds. The minimum atomic E-state index is -0.564. The number of rotatable bonds is 5. The molecule has 8 heteroatoms. The molecular weight excluding hydrogens is 360 g/mol. The quantitative estimate of drug-likeness (QED) is 0.710. The van der Waals surface area contributed by atoms with Crippen LogP contribution in [0.5, 0.6) is 11.5 Å². The van der Waals surface area contributed by atoms with E-state index in [1.165, 1.54) is 32.4 Å². The first kappa shape index (κ1) is 18.6. The van der Waals surface area contributed by atoms with Crippen molar-refractivity contribution in [3.8, 4) is 11.5 Å². The standard InChI is InChI=1S/C20H26N4O4/c1-28-16-11-13(5-6-15(16)25)18-17-14(21-20(27)22-18)12-24(19(17)26)10-9-23-7-3-2-4-8-23/h5-6,11,18,25H,2-4,7-10,12H2,1H3,(H2,21,22,27)/t18-/m1/s1. The lowest BCUT2D eigenvalue weighted by molar-refractivity contribution is -0.126. The molecule has 0 aliphatic carbocycles. The molecular formula is C20H26N4O4. The van der Waals surface area contributed by atoms with E-state index >= 15 is 0 Å². The average Bonchev–Trinajstić information content (AvgIpc) is 3.02. The van der Waals surface area contributed by atoms with Gasteiger partial charge in [-0.3, -0.25) is 4.79 Å². The molecule has 1 saturated heterocycles. The van der Waals surface area contributed by atoms with Gasteiger partial charge < -0.3 is 30.3 Å². The Hall–Kier alpha value is -2.74. The molecule has 1 aromatic rings. The number of urea groups is 1. The lowest BCUT2D eigenvalue weighted by atomic mass is 9.96. The Morgan fingerprint density at radius 2 is 1.96 bits per heavy atom. The van der Waals surface area contributed by atoms with Crippen LogP contribution >= 0.6 is 0 Å². The summed E-state index contributed by atoms with van der Waals surface area (Å²) in [5.41, 5.74) is 1.92. The van der Waals surface area contributed by atoms with E-state index in [1.807, 2.05) is 0 Å². The number of ether oxygens (including phenoxy) is 1. The summed E-state index contributed by atoms with van der Waals surface area (Å²) in [6.07, 6.45) is 3.71. The summed E-state index contributed by atoms with van der Waals surface area (Å²) in [5.74, 6) is 0.262. The summed E-state index contributed by atoms with van der Waals surface area (Å²) < 4.78 is 5.17. The fourth-order valence-electron chi connectivity index (χ4n) is 4.18. The van der Waals surface area contributed by atoms with E-state index in [0.717, 1.165) is 19.6 Å². The number of methoxy groups -OCH3 is 1. The van der Waals surface area contributed by atoms with Gasteiger partial charge >= 0.3 is 6.03 Å². The number of carbonyl (C=O) groups excluding carboxylic acids is 2. The third-order valence-electron chi connectivity index (χ3n) is 5.69. The smallest absolute Gasteiger partial charge is 0.319 e. The number of nitrogens with one attached hydrogen (secondary N) is 2. The van der Waals surface area contributed by atoms with Gasteiger partial charge in [0.05, 0.1) is 31.0 Å². The largest absolute Gasteiger partial charge is 0.504 e. The highest BCUT2D eigenvalue weighted by Gasteiger charge is 2.40. The average molecular weight is 386 g/mol. The predicted octanol–water partition coefficient (Wildman–Crippen LogP) is 1.34. The van der Waals surface area contributed by atoms with Gasteiger partial charge in [0.25, 0.3) is 5.91 Å². The maximum absolute atomic E-state index is 13.1. The number of aromatic hydroxyl groups is 1. The van der Waals surface area contributed by atoms with Crippen molar-refractivity contribution in [3.63, 3.8) is 0 Å². The van der Waals surface area contributed by atoms with Crippen molar-refractivity contribution >= 4 is 11.9 Å². The second-order valence-corrected chi connectivity index (χ2v) is 7.48. The number of phenolic OH excluding ortho intramolecular Hbond substituents is 1. The van der Waals surface area contributed by atoms with E-state index in [9.17, 15) is 14.7 Å².